The van der Waals surface area contributed by atoms with Crippen molar-refractivity contribution >= 4 is 5.97 Å². The van der Waals surface area contributed by atoms with Crippen molar-refractivity contribution < 1.29 is 9.53 Å². The number of hydrogen-bond donors (Lipinski definition) is 0. The van der Waals surface area contributed by atoms with E-state index in [1.54, 1.807) is 0 Å². The third-order valence-electron chi connectivity index (χ3n) is 3.93. The summed E-state index contributed by atoms with van der Waals surface area (Å²) < 4.78 is 4.82. The van der Waals surface area contributed by atoms with Gasteiger partial charge in [-0.25, -0.2) is 0 Å². The summed E-state index contributed by atoms with van der Waals surface area (Å²) in [5.74, 6) is -0.105. The molecule has 0 amide bonds. The fraction of sp³-hybridized carbons (Fsp3) is 0.917. The van der Waals surface area contributed by atoms with Crippen LogP contribution < -0.4 is 0 Å². The summed E-state index contributed by atoms with van der Waals surface area (Å²) in [4.78, 5) is 16.4. The minimum absolute atomic E-state index is 0.0921. The van der Waals surface area contributed by atoms with Gasteiger partial charge in [0.15, 0.2) is 0 Å². The van der Waals surface area contributed by atoms with Crippen LogP contribution in [0, 0.1) is 0 Å². The summed E-state index contributed by atoms with van der Waals surface area (Å²) in [6, 6.07) is 0.570. The van der Waals surface area contributed by atoms with E-state index in [1.165, 1.54) is 33.0 Å². The molecule has 0 N–H and O–H groups in total. The molecule has 2 fully saturated rings. The van der Waals surface area contributed by atoms with Gasteiger partial charge in [0, 0.05) is 19.1 Å². The molecule has 0 aromatic carbocycles. The maximum Gasteiger partial charge on any atom is 0.322 e. The van der Waals surface area contributed by atoms with E-state index in [4.69, 9.17) is 4.74 Å². The van der Waals surface area contributed by atoms with Crippen molar-refractivity contribution in [2.24, 2.45) is 0 Å². The van der Waals surface area contributed by atoms with Crippen LogP contribution in [0.1, 0.15) is 26.2 Å². The molecule has 0 radical (unpaired) electrons. The Morgan fingerprint density at radius 1 is 1.31 bits per heavy atom. The second-order valence-electron chi connectivity index (χ2n) is 4.88. The van der Waals surface area contributed by atoms with Crippen molar-refractivity contribution in [1.29, 1.82) is 0 Å². The molecule has 0 aromatic rings. The monoisotopic (exact) mass is 226 g/mol. The second-order valence-corrected chi connectivity index (χ2v) is 4.88. The zero-order valence-electron chi connectivity index (χ0n) is 10.3. The first-order valence-electron chi connectivity index (χ1n) is 6.28. The van der Waals surface area contributed by atoms with Gasteiger partial charge in [-0.15, -0.1) is 0 Å². The first kappa shape index (κ1) is 11.9. The van der Waals surface area contributed by atoms with Crippen LogP contribution in [0.15, 0.2) is 0 Å². The molecule has 0 aromatic heterocycles. The molecule has 0 bridgehead atoms. The molecule has 2 unspecified atom stereocenters. The van der Waals surface area contributed by atoms with Crippen molar-refractivity contribution in [3.05, 3.63) is 0 Å². The van der Waals surface area contributed by atoms with Crippen LogP contribution in [0.5, 0.6) is 0 Å². The van der Waals surface area contributed by atoms with E-state index in [0.29, 0.717) is 6.04 Å². The van der Waals surface area contributed by atoms with Gasteiger partial charge in [-0.05, 0) is 39.3 Å². The van der Waals surface area contributed by atoms with Crippen molar-refractivity contribution in [3.8, 4) is 0 Å². The summed E-state index contributed by atoms with van der Waals surface area (Å²) >= 11 is 0. The van der Waals surface area contributed by atoms with Gasteiger partial charge in [-0.2, -0.15) is 0 Å². The second kappa shape index (κ2) is 5.15. The molecular formula is C12H22N2O2. The Bertz CT molecular complexity index is 257. The minimum atomic E-state index is -0.105. The highest BCUT2D eigenvalue weighted by molar-refractivity contribution is 5.75. The standard InChI is InChI=1S/C12H22N2O2/c1-10(12(15)16-2)14-8-4-7-13-6-3-5-11(13)9-14/h10-11H,3-9H2,1-2H3. The van der Waals surface area contributed by atoms with Crippen LogP contribution in [0.3, 0.4) is 0 Å². The molecule has 2 aliphatic heterocycles. The van der Waals surface area contributed by atoms with Crippen LogP contribution in [0.2, 0.25) is 0 Å². The molecule has 0 saturated carbocycles. The van der Waals surface area contributed by atoms with E-state index in [0.717, 1.165) is 19.5 Å². The first-order valence-corrected chi connectivity index (χ1v) is 6.28. The molecule has 92 valence electrons. The lowest BCUT2D eigenvalue weighted by molar-refractivity contribution is -0.146. The Labute approximate surface area is 97.5 Å². The lowest BCUT2D eigenvalue weighted by Crippen LogP contribution is -2.44. The van der Waals surface area contributed by atoms with Crippen molar-refractivity contribution in [1.82, 2.24) is 9.80 Å². The third kappa shape index (κ3) is 2.38. The largest absolute Gasteiger partial charge is 0.468 e. The normalized spacial score (nSPS) is 29.5. The third-order valence-corrected chi connectivity index (χ3v) is 3.93. The quantitative estimate of drug-likeness (QED) is 0.650. The van der Waals surface area contributed by atoms with E-state index < -0.39 is 0 Å². The molecule has 2 atom stereocenters. The highest BCUT2D eigenvalue weighted by atomic mass is 16.5. The smallest absolute Gasteiger partial charge is 0.322 e. The topological polar surface area (TPSA) is 32.8 Å². The number of methoxy groups -OCH3 is 1. The van der Waals surface area contributed by atoms with Crippen LogP contribution in [0.4, 0.5) is 0 Å². The maximum absolute atomic E-state index is 11.5. The van der Waals surface area contributed by atoms with E-state index in [1.807, 2.05) is 6.92 Å². The lowest BCUT2D eigenvalue weighted by atomic mass is 10.2. The van der Waals surface area contributed by atoms with Crippen LogP contribution in [-0.4, -0.2) is 61.1 Å². The fourth-order valence-corrected chi connectivity index (χ4v) is 2.91. The zero-order valence-corrected chi connectivity index (χ0v) is 10.3. The molecule has 4 nitrogen and oxygen atoms in total. The Morgan fingerprint density at radius 3 is 2.81 bits per heavy atom. The number of rotatable bonds is 2. The van der Waals surface area contributed by atoms with Gasteiger partial charge in [0.05, 0.1) is 7.11 Å². The predicted octanol–water partition coefficient (Wildman–Crippen LogP) is 0.718. The van der Waals surface area contributed by atoms with E-state index in [-0.39, 0.29) is 12.0 Å². The number of nitrogens with zero attached hydrogens (tertiary/aromatic N) is 2. The number of ether oxygens (including phenoxy) is 1. The molecule has 2 heterocycles. The van der Waals surface area contributed by atoms with Gasteiger partial charge < -0.3 is 4.74 Å². The predicted molar refractivity (Wildman–Crippen MR) is 62.3 cm³/mol. The van der Waals surface area contributed by atoms with Crippen molar-refractivity contribution in [2.45, 2.75) is 38.3 Å². The molecule has 2 saturated heterocycles. The van der Waals surface area contributed by atoms with Gasteiger partial charge in [0.25, 0.3) is 0 Å². The SMILES string of the molecule is COC(=O)C(C)N1CCCN2CCCC2C1. The molecule has 16 heavy (non-hydrogen) atoms. The van der Waals surface area contributed by atoms with Crippen LogP contribution in [-0.2, 0) is 9.53 Å². The first-order chi connectivity index (χ1) is 7.72. The van der Waals surface area contributed by atoms with Crippen LogP contribution in [0.25, 0.3) is 0 Å². The summed E-state index contributed by atoms with van der Waals surface area (Å²) in [5.41, 5.74) is 0. The zero-order chi connectivity index (χ0) is 11.5. The summed E-state index contributed by atoms with van der Waals surface area (Å²) in [5, 5.41) is 0. The number of hydrogen-bond acceptors (Lipinski definition) is 4. The average molecular weight is 226 g/mol. The van der Waals surface area contributed by atoms with Gasteiger partial charge in [-0.3, -0.25) is 14.6 Å². The number of carbonyl (C=O) groups excluding carboxylic acids is 1. The summed E-state index contributed by atoms with van der Waals surface area (Å²) in [6.07, 6.45) is 3.76. The van der Waals surface area contributed by atoms with Gasteiger partial charge in [0.1, 0.15) is 6.04 Å². The van der Waals surface area contributed by atoms with E-state index >= 15 is 0 Å². The minimum Gasteiger partial charge on any atom is -0.468 e. The highest BCUT2D eigenvalue weighted by Crippen LogP contribution is 2.22. The maximum atomic E-state index is 11.5. The fourth-order valence-electron chi connectivity index (χ4n) is 2.91. The Balaban J connectivity index is 1.97. The number of esters is 1. The number of fused-ring (bicyclic) bond motifs is 1. The van der Waals surface area contributed by atoms with Crippen molar-refractivity contribution in [3.63, 3.8) is 0 Å². The molecule has 2 rings (SSSR count). The number of carbonyl (C=O) groups is 1. The Hall–Kier alpha value is -0.610. The van der Waals surface area contributed by atoms with Crippen molar-refractivity contribution in [2.75, 3.05) is 33.3 Å². The highest BCUT2D eigenvalue weighted by Gasteiger charge is 2.32. The Kier molecular flexibility index (Phi) is 3.82. The van der Waals surface area contributed by atoms with E-state index in [2.05, 4.69) is 9.80 Å². The van der Waals surface area contributed by atoms with Gasteiger partial charge in [0.2, 0.25) is 0 Å². The molecule has 0 spiro atoms. The molecular weight excluding hydrogens is 204 g/mol. The Morgan fingerprint density at radius 2 is 2.06 bits per heavy atom. The summed E-state index contributed by atoms with van der Waals surface area (Å²) in [6.45, 7) is 6.43. The van der Waals surface area contributed by atoms with Gasteiger partial charge in [-0.1, -0.05) is 0 Å². The van der Waals surface area contributed by atoms with E-state index in [9.17, 15) is 4.79 Å². The molecule has 4 heteroatoms. The lowest BCUT2D eigenvalue weighted by Gasteiger charge is -2.28. The van der Waals surface area contributed by atoms with Crippen LogP contribution >= 0.6 is 0 Å². The molecule has 0 aliphatic carbocycles. The van der Waals surface area contributed by atoms with Gasteiger partial charge >= 0.3 is 5.97 Å². The molecule has 2 aliphatic rings. The average Bonchev–Trinajstić information content (AvgIpc) is 2.64. The summed E-state index contributed by atoms with van der Waals surface area (Å²) in [7, 11) is 1.47.